The summed E-state index contributed by atoms with van der Waals surface area (Å²) in [6.45, 7) is 7.21. The molecular formula is C18H28N6O4S2. The minimum atomic E-state index is -3.49. The molecule has 12 heteroatoms. The predicted molar refractivity (Wildman–Crippen MR) is 113 cm³/mol. The van der Waals surface area contributed by atoms with Crippen LogP contribution in [0, 0.1) is 4.77 Å². The van der Waals surface area contributed by atoms with E-state index < -0.39 is 10.2 Å². The Bertz CT molecular complexity index is 1010. The molecular weight excluding hydrogens is 428 g/mol. The highest BCUT2D eigenvalue weighted by molar-refractivity contribution is 7.86. The maximum absolute atomic E-state index is 13.1. The van der Waals surface area contributed by atoms with Gasteiger partial charge in [-0.1, -0.05) is 0 Å². The van der Waals surface area contributed by atoms with Crippen molar-refractivity contribution in [3.8, 4) is 11.6 Å². The highest BCUT2D eigenvalue weighted by Gasteiger charge is 2.36. The van der Waals surface area contributed by atoms with Crippen molar-refractivity contribution in [1.82, 2.24) is 27.9 Å². The highest BCUT2D eigenvalue weighted by Crippen LogP contribution is 2.20. The number of ether oxygens (including phenoxy) is 1. The molecule has 0 N–H and O–H groups in total. The fourth-order valence-corrected chi connectivity index (χ4v) is 5.91. The lowest BCUT2D eigenvalue weighted by Gasteiger charge is -2.40. The summed E-state index contributed by atoms with van der Waals surface area (Å²) in [5.74, 6) is 1.33. The van der Waals surface area contributed by atoms with E-state index in [0.29, 0.717) is 62.3 Å². The number of rotatable bonds is 5. The normalized spacial score (nSPS) is 25.0. The quantitative estimate of drug-likeness (QED) is 0.624. The van der Waals surface area contributed by atoms with E-state index in [4.69, 9.17) is 21.4 Å². The fraction of sp³-hybridized carbons (Fsp3) is 0.667. The van der Waals surface area contributed by atoms with E-state index >= 15 is 0 Å². The maximum atomic E-state index is 13.1. The van der Waals surface area contributed by atoms with E-state index in [1.54, 1.807) is 19.6 Å². The monoisotopic (exact) mass is 456 g/mol. The van der Waals surface area contributed by atoms with Gasteiger partial charge in [0.15, 0.2) is 16.4 Å². The van der Waals surface area contributed by atoms with Gasteiger partial charge >= 0.3 is 0 Å². The lowest BCUT2D eigenvalue weighted by atomic mass is 10.3. The Kier molecular flexibility index (Phi) is 6.15. The molecule has 0 amide bonds. The lowest BCUT2D eigenvalue weighted by molar-refractivity contribution is -0.0458. The average molecular weight is 457 g/mol. The summed E-state index contributed by atoms with van der Waals surface area (Å²) in [6.07, 6.45) is 1.41. The van der Waals surface area contributed by atoms with Crippen molar-refractivity contribution in [2.24, 2.45) is 7.05 Å². The van der Waals surface area contributed by atoms with Gasteiger partial charge in [-0.2, -0.15) is 17.0 Å². The number of aromatic nitrogens is 3. The Morgan fingerprint density at radius 2 is 1.80 bits per heavy atom. The molecule has 2 aromatic rings. The first-order valence-electron chi connectivity index (χ1n) is 10.1. The molecule has 4 heterocycles. The SMILES string of the molecule is CC1CN(S(=O)(=O)N2CCN(Cn3nc(-c4ccco4)n(C)c3=S)CC2)CC(C)O1. The predicted octanol–water partition coefficient (Wildman–Crippen LogP) is 1.14. The topological polar surface area (TPSA) is 89.0 Å². The third-order valence-corrected chi connectivity index (χ3v) is 7.94. The number of hydrogen-bond donors (Lipinski definition) is 0. The van der Waals surface area contributed by atoms with E-state index in [9.17, 15) is 8.42 Å². The van der Waals surface area contributed by atoms with Crippen molar-refractivity contribution in [1.29, 1.82) is 0 Å². The van der Waals surface area contributed by atoms with Gasteiger partial charge in [-0.05, 0) is 38.2 Å². The second kappa shape index (κ2) is 8.52. The first-order valence-corrected chi connectivity index (χ1v) is 11.9. The number of furan rings is 1. The van der Waals surface area contributed by atoms with Crippen LogP contribution in [0.1, 0.15) is 13.8 Å². The summed E-state index contributed by atoms with van der Waals surface area (Å²) < 4.78 is 44.5. The highest BCUT2D eigenvalue weighted by atomic mass is 32.2. The van der Waals surface area contributed by atoms with Crippen LogP contribution in [0.15, 0.2) is 22.8 Å². The van der Waals surface area contributed by atoms with Gasteiger partial charge in [0, 0.05) is 46.3 Å². The molecule has 0 aliphatic carbocycles. The minimum Gasteiger partial charge on any atom is -0.461 e. The molecule has 2 atom stereocenters. The van der Waals surface area contributed by atoms with Crippen LogP contribution in [0.25, 0.3) is 11.6 Å². The smallest absolute Gasteiger partial charge is 0.282 e. The zero-order valence-electron chi connectivity index (χ0n) is 17.5. The first-order chi connectivity index (χ1) is 14.3. The number of morpholine rings is 1. The number of hydrogen-bond acceptors (Lipinski definition) is 7. The van der Waals surface area contributed by atoms with E-state index in [0.717, 1.165) is 0 Å². The van der Waals surface area contributed by atoms with Crippen LogP contribution in [0.5, 0.6) is 0 Å². The van der Waals surface area contributed by atoms with E-state index in [-0.39, 0.29) is 12.2 Å². The molecule has 2 aliphatic rings. The molecule has 2 aromatic heterocycles. The molecule has 2 aliphatic heterocycles. The Morgan fingerprint density at radius 1 is 1.13 bits per heavy atom. The molecule has 0 aromatic carbocycles. The molecule has 0 radical (unpaired) electrons. The third-order valence-electron chi connectivity index (χ3n) is 5.49. The summed E-state index contributed by atoms with van der Waals surface area (Å²) in [5.41, 5.74) is 0. The van der Waals surface area contributed by atoms with Gasteiger partial charge in [0.1, 0.15) is 0 Å². The zero-order valence-corrected chi connectivity index (χ0v) is 19.1. The van der Waals surface area contributed by atoms with Crippen molar-refractivity contribution in [2.45, 2.75) is 32.7 Å². The van der Waals surface area contributed by atoms with Crippen molar-refractivity contribution in [3.05, 3.63) is 23.2 Å². The summed E-state index contributed by atoms with van der Waals surface area (Å²) in [5, 5.41) is 4.59. The molecule has 0 spiro atoms. The van der Waals surface area contributed by atoms with Crippen LogP contribution >= 0.6 is 12.2 Å². The Morgan fingerprint density at radius 3 is 2.40 bits per heavy atom. The fourth-order valence-electron chi connectivity index (χ4n) is 3.97. The van der Waals surface area contributed by atoms with Gasteiger partial charge in [0.2, 0.25) is 0 Å². The van der Waals surface area contributed by atoms with Crippen LogP contribution in [-0.2, 0) is 28.7 Å². The Hall–Kier alpha value is -1.57. The van der Waals surface area contributed by atoms with Crippen LogP contribution in [0.2, 0.25) is 0 Å². The van der Waals surface area contributed by atoms with Crippen LogP contribution in [0.4, 0.5) is 0 Å². The van der Waals surface area contributed by atoms with E-state index in [1.807, 2.05) is 37.6 Å². The molecule has 0 saturated carbocycles. The van der Waals surface area contributed by atoms with Gasteiger partial charge in [-0.3, -0.25) is 4.90 Å². The molecule has 2 saturated heterocycles. The molecule has 166 valence electrons. The van der Waals surface area contributed by atoms with E-state index in [1.165, 1.54) is 0 Å². The zero-order chi connectivity index (χ0) is 21.5. The molecule has 30 heavy (non-hydrogen) atoms. The second-order valence-corrected chi connectivity index (χ2v) is 10.2. The van der Waals surface area contributed by atoms with Gasteiger partial charge in [-0.15, -0.1) is 5.10 Å². The Balaban J connectivity index is 1.40. The standard InChI is InChI=1S/C18H28N6O4S2/c1-14-11-23(12-15(2)28-14)30(25,26)22-8-6-21(7-9-22)13-24-18(29)20(3)17(19-24)16-5-4-10-27-16/h4-5,10,14-15H,6-9,11-13H2,1-3H3. The lowest BCUT2D eigenvalue weighted by Crippen LogP contribution is -2.57. The molecule has 2 unspecified atom stereocenters. The average Bonchev–Trinajstić information content (AvgIpc) is 3.32. The summed E-state index contributed by atoms with van der Waals surface area (Å²) in [4.78, 5) is 2.16. The Labute approximate surface area is 181 Å². The van der Waals surface area contributed by atoms with Gasteiger partial charge < -0.3 is 13.7 Å². The molecule has 4 rings (SSSR count). The summed E-state index contributed by atoms with van der Waals surface area (Å²) >= 11 is 5.52. The maximum Gasteiger partial charge on any atom is 0.282 e. The summed E-state index contributed by atoms with van der Waals surface area (Å²) in [6, 6.07) is 3.66. The van der Waals surface area contributed by atoms with Crippen LogP contribution in [0.3, 0.4) is 0 Å². The molecule has 2 fully saturated rings. The molecule has 0 bridgehead atoms. The third kappa shape index (κ3) is 4.25. The van der Waals surface area contributed by atoms with Crippen molar-refractivity contribution < 1.29 is 17.6 Å². The van der Waals surface area contributed by atoms with Gasteiger partial charge in [0.05, 0.1) is 25.1 Å². The largest absolute Gasteiger partial charge is 0.461 e. The second-order valence-electron chi connectivity index (χ2n) is 7.88. The van der Waals surface area contributed by atoms with Gasteiger partial charge in [0.25, 0.3) is 10.2 Å². The number of piperazine rings is 1. The number of nitrogens with zero attached hydrogens (tertiary/aromatic N) is 6. The van der Waals surface area contributed by atoms with E-state index in [2.05, 4.69) is 10.00 Å². The van der Waals surface area contributed by atoms with Crippen molar-refractivity contribution in [3.63, 3.8) is 0 Å². The van der Waals surface area contributed by atoms with Gasteiger partial charge in [-0.25, -0.2) is 4.68 Å². The summed E-state index contributed by atoms with van der Waals surface area (Å²) in [7, 11) is -1.63. The van der Waals surface area contributed by atoms with Crippen LogP contribution in [-0.4, -0.2) is 87.8 Å². The van der Waals surface area contributed by atoms with Crippen molar-refractivity contribution in [2.75, 3.05) is 39.3 Å². The first kappa shape index (κ1) is 21.7. The van der Waals surface area contributed by atoms with Crippen molar-refractivity contribution >= 4 is 22.4 Å². The molecule has 10 nitrogen and oxygen atoms in total. The van der Waals surface area contributed by atoms with Crippen LogP contribution < -0.4 is 0 Å². The minimum absolute atomic E-state index is 0.0980.